The van der Waals surface area contributed by atoms with E-state index < -0.39 is 15.9 Å². The average Bonchev–Trinajstić information content (AvgIpc) is 2.71. The standard InChI is InChI=1S/C22H23N5O4S.H2/c1-26(2)22(29)16-12-27(13-16)17-8-18-19(10-23-11-20(18)24-9-17)14-4-6-15(7-5-14)21(28)25-32(3,30)31;/h4-11,16H,12-13H2,1-3H3,(H,25,28);1H. The van der Waals surface area contributed by atoms with E-state index >= 15 is 0 Å². The van der Waals surface area contributed by atoms with Gasteiger partial charge in [0.2, 0.25) is 15.9 Å². The van der Waals surface area contributed by atoms with Crippen molar-refractivity contribution in [3.63, 3.8) is 0 Å². The number of nitrogens with one attached hydrogen (secondary N) is 1. The maximum atomic E-state index is 12.1. The minimum Gasteiger partial charge on any atom is -0.369 e. The van der Waals surface area contributed by atoms with Gasteiger partial charge in [0.05, 0.1) is 35.8 Å². The van der Waals surface area contributed by atoms with Crippen LogP contribution < -0.4 is 9.62 Å². The number of hydrogen-bond donors (Lipinski definition) is 1. The molecule has 1 N–H and O–H groups in total. The number of amides is 2. The predicted octanol–water partition coefficient (Wildman–Crippen LogP) is 1.76. The second-order valence-corrected chi connectivity index (χ2v) is 9.81. The van der Waals surface area contributed by atoms with E-state index in [-0.39, 0.29) is 18.8 Å². The fraction of sp³-hybridized carbons (Fsp3) is 0.273. The first kappa shape index (κ1) is 21.7. The molecule has 2 aromatic heterocycles. The number of hydrogen-bond acceptors (Lipinski definition) is 7. The summed E-state index contributed by atoms with van der Waals surface area (Å²) in [7, 11) is -0.109. The number of carbonyl (C=O) groups is 2. The SMILES string of the molecule is CN(C)C(=O)C1CN(c2cnc3cncc(-c4ccc(C(=O)NS(C)(=O)=O)cc4)c3c2)C1.[HH]. The van der Waals surface area contributed by atoms with Crippen molar-refractivity contribution >= 4 is 38.4 Å². The molecule has 168 valence electrons. The number of benzene rings is 1. The van der Waals surface area contributed by atoms with E-state index in [1.54, 1.807) is 61.9 Å². The highest BCUT2D eigenvalue weighted by Crippen LogP contribution is 2.32. The van der Waals surface area contributed by atoms with E-state index in [2.05, 4.69) is 14.9 Å². The summed E-state index contributed by atoms with van der Waals surface area (Å²) >= 11 is 0. The monoisotopic (exact) mass is 455 g/mol. The Morgan fingerprint density at radius 1 is 1.12 bits per heavy atom. The molecule has 0 bridgehead atoms. The molecule has 0 atom stereocenters. The summed E-state index contributed by atoms with van der Waals surface area (Å²) in [5, 5.41) is 0.897. The third-order valence-electron chi connectivity index (χ3n) is 5.37. The highest BCUT2D eigenvalue weighted by molar-refractivity contribution is 7.89. The normalized spacial score (nSPS) is 14.2. The number of anilines is 1. The number of aromatic nitrogens is 2. The minimum atomic E-state index is -3.63. The third-order valence-corrected chi connectivity index (χ3v) is 5.92. The van der Waals surface area contributed by atoms with Gasteiger partial charge in [-0.05, 0) is 23.8 Å². The Hall–Kier alpha value is -3.53. The molecule has 9 nitrogen and oxygen atoms in total. The topological polar surface area (TPSA) is 113 Å². The zero-order chi connectivity index (χ0) is 23.0. The lowest BCUT2D eigenvalue weighted by Gasteiger charge is -2.40. The van der Waals surface area contributed by atoms with Crippen molar-refractivity contribution in [3.8, 4) is 11.1 Å². The molecular weight excluding hydrogens is 430 g/mol. The van der Waals surface area contributed by atoms with Crippen LogP contribution in [-0.2, 0) is 14.8 Å². The molecular formula is C22H25N5O4S. The van der Waals surface area contributed by atoms with Crippen molar-refractivity contribution in [2.24, 2.45) is 5.92 Å². The first-order valence-corrected chi connectivity index (χ1v) is 11.8. The van der Waals surface area contributed by atoms with Crippen molar-refractivity contribution in [1.29, 1.82) is 0 Å². The van der Waals surface area contributed by atoms with Crippen LogP contribution in [0.2, 0.25) is 0 Å². The van der Waals surface area contributed by atoms with Gasteiger partial charge in [-0.1, -0.05) is 12.1 Å². The Kier molecular flexibility index (Phi) is 5.55. The molecule has 1 aliphatic rings. The molecule has 10 heteroatoms. The largest absolute Gasteiger partial charge is 0.369 e. The highest BCUT2D eigenvalue weighted by atomic mass is 32.2. The van der Waals surface area contributed by atoms with Crippen molar-refractivity contribution in [2.45, 2.75) is 0 Å². The summed E-state index contributed by atoms with van der Waals surface area (Å²) in [6.07, 6.45) is 6.13. The number of sulfonamides is 1. The first-order valence-electron chi connectivity index (χ1n) is 9.95. The number of fused-ring (bicyclic) bond motifs is 1. The molecule has 0 spiro atoms. The quantitative estimate of drug-likeness (QED) is 0.624. The molecule has 0 aliphatic carbocycles. The van der Waals surface area contributed by atoms with Crippen molar-refractivity contribution in [3.05, 3.63) is 54.5 Å². The Bertz CT molecular complexity index is 1310. The summed E-state index contributed by atoms with van der Waals surface area (Å²) in [6, 6.07) is 8.66. The zero-order valence-corrected chi connectivity index (χ0v) is 18.8. The van der Waals surface area contributed by atoms with Crippen LogP contribution in [0, 0.1) is 5.92 Å². The summed E-state index contributed by atoms with van der Waals surface area (Å²) in [5.74, 6) is -0.568. The van der Waals surface area contributed by atoms with Gasteiger partial charge in [0.25, 0.3) is 5.91 Å². The van der Waals surface area contributed by atoms with Crippen LogP contribution >= 0.6 is 0 Å². The van der Waals surface area contributed by atoms with Gasteiger partial charge in [-0.3, -0.25) is 19.6 Å². The van der Waals surface area contributed by atoms with Gasteiger partial charge in [0, 0.05) is 51.3 Å². The second-order valence-electron chi connectivity index (χ2n) is 8.06. The summed E-state index contributed by atoms with van der Waals surface area (Å²) in [4.78, 5) is 36.7. The van der Waals surface area contributed by atoms with E-state index in [0.717, 1.165) is 34.0 Å². The van der Waals surface area contributed by atoms with Gasteiger partial charge in [-0.2, -0.15) is 0 Å². The summed E-state index contributed by atoms with van der Waals surface area (Å²) in [5.41, 5.74) is 3.56. The maximum absolute atomic E-state index is 12.1. The van der Waals surface area contributed by atoms with Gasteiger partial charge in [-0.15, -0.1) is 0 Å². The number of nitrogens with zero attached hydrogens (tertiary/aromatic N) is 4. The lowest BCUT2D eigenvalue weighted by atomic mass is 9.97. The molecule has 1 fully saturated rings. The Balaban J connectivity index is 0.00000306. The molecule has 1 aliphatic heterocycles. The van der Waals surface area contributed by atoms with E-state index in [9.17, 15) is 18.0 Å². The molecule has 3 aromatic rings. The Labute approximate surface area is 187 Å². The predicted molar refractivity (Wildman–Crippen MR) is 124 cm³/mol. The van der Waals surface area contributed by atoms with E-state index in [4.69, 9.17) is 0 Å². The van der Waals surface area contributed by atoms with Crippen LogP contribution in [0.4, 0.5) is 5.69 Å². The molecule has 4 rings (SSSR count). The van der Waals surface area contributed by atoms with Gasteiger partial charge in [0.15, 0.2) is 0 Å². The van der Waals surface area contributed by atoms with Gasteiger partial charge < -0.3 is 9.80 Å². The molecule has 3 heterocycles. The molecule has 1 saturated heterocycles. The fourth-order valence-electron chi connectivity index (χ4n) is 3.68. The zero-order valence-electron chi connectivity index (χ0n) is 17.9. The minimum absolute atomic E-state index is 0. The molecule has 2 amide bonds. The van der Waals surface area contributed by atoms with Crippen molar-refractivity contribution in [1.82, 2.24) is 19.6 Å². The fourth-order valence-corrected chi connectivity index (χ4v) is 4.13. The van der Waals surface area contributed by atoms with Crippen LogP contribution in [0.3, 0.4) is 0 Å². The van der Waals surface area contributed by atoms with Gasteiger partial charge in [-0.25, -0.2) is 13.1 Å². The van der Waals surface area contributed by atoms with Crippen LogP contribution in [0.1, 0.15) is 11.8 Å². The Morgan fingerprint density at radius 3 is 2.44 bits per heavy atom. The molecule has 32 heavy (non-hydrogen) atoms. The van der Waals surface area contributed by atoms with Gasteiger partial charge >= 0.3 is 0 Å². The van der Waals surface area contributed by atoms with Gasteiger partial charge in [0.1, 0.15) is 0 Å². The van der Waals surface area contributed by atoms with E-state index in [0.29, 0.717) is 13.1 Å². The number of rotatable bonds is 5. The maximum Gasteiger partial charge on any atom is 0.264 e. The van der Waals surface area contributed by atoms with Crippen LogP contribution in [0.15, 0.2) is 48.9 Å². The Morgan fingerprint density at radius 2 is 1.81 bits per heavy atom. The first-order chi connectivity index (χ1) is 15.1. The highest BCUT2D eigenvalue weighted by Gasteiger charge is 2.34. The summed E-state index contributed by atoms with van der Waals surface area (Å²) < 4.78 is 24.5. The van der Waals surface area contributed by atoms with E-state index in [1.165, 1.54) is 0 Å². The molecule has 1 aromatic carbocycles. The van der Waals surface area contributed by atoms with Crippen molar-refractivity contribution < 1.29 is 19.4 Å². The lowest BCUT2D eigenvalue weighted by molar-refractivity contribution is -0.133. The molecule has 0 saturated carbocycles. The molecule has 0 radical (unpaired) electrons. The number of pyridine rings is 2. The summed E-state index contributed by atoms with van der Waals surface area (Å²) in [6.45, 7) is 1.30. The van der Waals surface area contributed by atoms with Crippen molar-refractivity contribution in [2.75, 3.05) is 38.3 Å². The van der Waals surface area contributed by atoms with Crippen LogP contribution in [-0.4, -0.2) is 68.5 Å². The lowest BCUT2D eigenvalue weighted by Crippen LogP contribution is -2.53. The van der Waals surface area contributed by atoms with Crippen LogP contribution in [0.5, 0.6) is 0 Å². The smallest absolute Gasteiger partial charge is 0.264 e. The average molecular weight is 456 g/mol. The third kappa shape index (κ3) is 4.40. The second kappa shape index (κ2) is 8.19. The molecule has 0 unspecified atom stereocenters. The number of carbonyl (C=O) groups excluding carboxylic acids is 2. The van der Waals surface area contributed by atoms with E-state index in [1.807, 2.05) is 10.8 Å². The van der Waals surface area contributed by atoms with Crippen LogP contribution in [0.25, 0.3) is 22.0 Å².